The summed E-state index contributed by atoms with van der Waals surface area (Å²) < 4.78 is 12.8. The largest absolute Gasteiger partial charge is 0.418 e. The lowest BCUT2D eigenvalue weighted by molar-refractivity contribution is -0.114. The van der Waals surface area contributed by atoms with Crippen molar-refractivity contribution in [2.24, 2.45) is 0 Å². The van der Waals surface area contributed by atoms with E-state index in [4.69, 9.17) is 20.4 Å². The van der Waals surface area contributed by atoms with Crippen molar-refractivity contribution in [3.05, 3.63) is 58.4 Å². The van der Waals surface area contributed by atoms with E-state index in [0.29, 0.717) is 28.1 Å². The summed E-state index contributed by atoms with van der Waals surface area (Å²) in [5, 5.41) is 24.6. The van der Waals surface area contributed by atoms with Crippen molar-refractivity contribution in [1.29, 1.82) is 5.26 Å². The summed E-state index contributed by atoms with van der Waals surface area (Å²) in [5.74, 6) is 0.577. The Morgan fingerprint density at radius 3 is 2.38 bits per heavy atom. The van der Waals surface area contributed by atoms with E-state index in [9.17, 15) is 10.1 Å². The zero-order valence-corrected chi connectivity index (χ0v) is 24.3. The van der Waals surface area contributed by atoms with Crippen molar-refractivity contribution in [2.75, 3.05) is 10.6 Å². The van der Waals surface area contributed by atoms with Crippen molar-refractivity contribution in [2.45, 2.75) is 71.8 Å². The Bertz CT molecular complexity index is 1310. The monoisotopic (exact) mass is 539 g/mol. The van der Waals surface area contributed by atoms with Crippen molar-refractivity contribution in [3.8, 4) is 17.5 Å². The summed E-state index contributed by atoms with van der Waals surface area (Å²) in [6.07, 6.45) is -0.315. The van der Waals surface area contributed by atoms with E-state index in [1.807, 2.05) is 32.0 Å². The fraction of sp³-hybridized carbons (Fsp3) is 0.407. The highest BCUT2D eigenvalue weighted by Crippen LogP contribution is 2.40. The number of halogens is 1. The third-order valence-corrected chi connectivity index (χ3v) is 11.8. The van der Waals surface area contributed by atoms with E-state index in [1.54, 1.807) is 18.2 Å². The van der Waals surface area contributed by atoms with Crippen molar-refractivity contribution in [1.82, 2.24) is 10.2 Å². The molecule has 0 aliphatic heterocycles. The molecule has 1 heterocycles. The van der Waals surface area contributed by atoms with Gasteiger partial charge in [-0.1, -0.05) is 32.4 Å². The first-order chi connectivity index (χ1) is 17.2. The zero-order valence-electron chi connectivity index (χ0n) is 22.6. The number of nitrogens with one attached hydrogen (secondary N) is 2. The molecule has 0 radical (unpaired) electrons. The van der Waals surface area contributed by atoms with Crippen molar-refractivity contribution < 1.29 is 13.6 Å². The molecule has 3 aromatic rings. The van der Waals surface area contributed by atoms with Crippen LogP contribution in [-0.4, -0.2) is 30.5 Å². The predicted molar refractivity (Wildman–Crippen MR) is 149 cm³/mol. The number of anilines is 2. The number of amides is 1. The number of nitrogens with zero attached hydrogens (tertiary/aromatic N) is 3. The van der Waals surface area contributed by atoms with Crippen LogP contribution in [0.15, 0.2) is 40.8 Å². The lowest BCUT2D eigenvalue weighted by atomic mass is 10.1. The van der Waals surface area contributed by atoms with Crippen LogP contribution in [0.4, 0.5) is 11.4 Å². The SMILES string of the molecule is CC(=O)Nc1ccc(-c2nnc([C@H](Nc3ccc(C#N)c(Cl)c3C)[C@@H](C)O[Si](C)(C)C(C)(C)C)o2)cc1. The van der Waals surface area contributed by atoms with E-state index in [2.05, 4.69) is 60.8 Å². The van der Waals surface area contributed by atoms with Crippen LogP contribution in [0.25, 0.3) is 11.5 Å². The van der Waals surface area contributed by atoms with E-state index in [1.165, 1.54) is 6.92 Å². The molecule has 0 spiro atoms. The third-order valence-electron chi connectivity index (χ3n) is 6.73. The second-order valence-electron chi connectivity index (χ2n) is 10.6. The van der Waals surface area contributed by atoms with Crippen LogP contribution in [0.1, 0.15) is 57.7 Å². The molecule has 37 heavy (non-hydrogen) atoms. The van der Waals surface area contributed by atoms with Gasteiger partial charge in [0.1, 0.15) is 12.1 Å². The number of aromatic nitrogens is 2. The molecule has 0 aliphatic rings. The first-order valence-corrected chi connectivity index (χ1v) is 15.4. The van der Waals surface area contributed by atoms with Gasteiger partial charge in [0.05, 0.1) is 16.7 Å². The maximum absolute atomic E-state index is 11.3. The Balaban J connectivity index is 1.97. The molecule has 196 valence electrons. The highest BCUT2D eigenvalue weighted by Gasteiger charge is 2.41. The van der Waals surface area contributed by atoms with Gasteiger partial charge in [-0.3, -0.25) is 4.79 Å². The molecule has 2 aromatic carbocycles. The number of carbonyl (C=O) groups is 1. The van der Waals surface area contributed by atoms with Gasteiger partial charge in [0.25, 0.3) is 0 Å². The number of carbonyl (C=O) groups excluding carboxylic acids is 1. The van der Waals surface area contributed by atoms with Gasteiger partial charge in [-0.2, -0.15) is 5.26 Å². The minimum absolute atomic E-state index is 0.00906. The molecule has 10 heteroatoms. The molecule has 0 saturated heterocycles. The molecule has 1 aromatic heterocycles. The Hall–Kier alpha value is -3.19. The molecule has 0 fully saturated rings. The highest BCUT2D eigenvalue weighted by atomic mass is 35.5. The number of hydrogen-bond donors (Lipinski definition) is 2. The van der Waals surface area contributed by atoms with Gasteiger partial charge < -0.3 is 19.5 Å². The zero-order chi connectivity index (χ0) is 27.5. The normalized spacial score (nSPS) is 13.5. The lowest BCUT2D eigenvalue weighted by Crippen LogP contribution is -2.45. The second-order valence-corrected chi connectivity index (χ2v) is 15.8. The molecule has 0 aliphatic carbocycles. The minimum atomic E-state index is -2.13. The van der Waals surface area contributed by atoms with Gasteiger partial charge in [-0.05, 0) is 73.9 Å². The highest BCUT2D eigenvalue weighted by molar-refractivity contribution is 6.74. The molecular formula is C27H34ClN5O3Si. The first kappa shape index (κ1) is 28.4. The molecule has 2 N–H and O–H groups in total. The first-order valence-electron chi connectivity index (χ1n) is 12.1. The summed E-state index contributed by atoms with van der Waals surface area (Å²) in [7, 11) is -2.13. The van der Waals surface area contributed by atoms with Crippen LogP contribution in [0, 0.1) is 18.3 Å². The Morgan fingerprint density at radius 2 is 1.81 bits per heavy atom. The summed E-state index contributed by atoms with van der Waals surface area (Å²) >= 11 is 6.44. The summed E-state index contributed by atoms with van der Waals surface area (Å²) in [4.78, 5) is 11.3. The van der Waals surface area contributed by atoms with E-state index < -0.39 is 14.4 Å². The van der Waals surface area contributed by atoms with Crippen LogP contribution >= 0.6 is 11.6 Å². The molecule has 0 saturated carbocycles. The number of nitriles is 1. The van der Waals surface area contributed by atoms with Crippen LogP contribution < -0.4 is 10.6 Å². The van der Waals surface area contributed by atoms with Crippen molar-refractivity contribution >= 4 is 37.2 Å². The van der Waals surface area contributed by atoms with Crippen molar-refractivity contribution in [3.63, 3.8) is 0 Å². The smallest absolute Gasteiger partial charge is 0.247 e. The summed E-state index contributed by atoms with van der Waals surface area (Å²) in [6.45, 7) is 16.3. The van der Waals surface area contributed by atoms with Crippen LogP contribution in [-0.2, 0) is 9.22 Å². The molecular weight excluding hydrogens is 506 g/mol. The second kappa shape index (κ2) is 11.0. The maximum Gasteiger partial charge on any atom is 0.247 e. The van der Waals surface area contributed by atoms with Crippen LogP contribution in [0.5, 0.6) is 0 Å². The number of hydrogen-bond acceptors (Lipinski definition) is 7. The molecule has 3 rings (SSSR count). The van der Waals surface area contributed by atoms with E-state index in [-0.39, 0.29) is 17.0 Å². The Kier molecular flexibility index (Phi) is 8.47. The quantitative estimate of drug-likeness (QED) is 0.293. The average molecular weight is 540 g/mol. The molecule has 8 nitrogen and oxygen atoms in total. The molecule has 1 amide bonds. The predicted octanol–water partition coefficient (Wildman–Crippen LogP) is 7.09. The number of benzene rings is 2. The van der Waals surface area contributed by atoms with Gasteiger partial charge in [-0.25, -0.2) is 0 Å². The molecule has 0 unspecified atom stereocenters. The Labute approximate surface area is 224 Å². The lowest BCUT2D eigenvalue weighted by Gasteiger charge is -2.40. The Morgan fingerprint density at radius 1 is 1.16 bits per heavy atom. The molecule has 2 atom stereocenters. The number of rotatable bonds is 8. The fourth-order valence-electron chi connectivity index (χ4n) is 3.56. The topological polar surface area (TPSA) is 113 Å². The summed E-state index contributed by atoms with van der Waals surface area (Å²) in [5.41, 5.74) is 3.31. The standard InChI is InChI=1S/C27H34ClN5O3Si/c1-16-22(14-11-20(15-29)23(16)28)31-24(17(2)36-37(7,8)27(4,5)6)26-33-32-25(35-26)19-9-12-21(13-10-19)30-18(3)34/h9-14,17,24,31H,1-8H3,(H,30,34)/t17-,24-/m1/s1. The third kappa shape index (κ3) is 6.58. The van der Waals surface area contributed by atoms with E-state index in [0.717, 1.165) is 16.8 Å². The average Bonchev–Trinajstić information content (AvgIpc) is 3.29. The van der Waals surface area contributed by atoms with E-state index >= 15 is 0 Å². The van der Waals surface area contributed by atoms with Gasteiger partial charge in [0, 0.05) is 23.9 Å². The molecule has 0 bridgehead atoms. The summed E-state index contributed by atoms with van der Waals surface area (Å²) in [6, 6.07) is 12.3. The van der Waals surface area contributed by atoms with Gasteiger partial charge in [0.2, 0.25) is 17.7 Å². The van der Waals surface area contributed by atoms with Gasteiger partial charge >= 0.3 is 0 Å². The maximum atomic E-state index is 11.3. The fourth-order valence-corrected chi connectivity index (χ4v) is 5.19. The van der Waals surface area contributed by atoms with Crippen LogP contribution in [0.3, 0.4) is 0 Å². The van der Waals surface area contributed by atoms with Crippen LogP contribution in [0.2, 0.25) is 23.2 Å². The van der Waals surface area contributed by atoms with Gasteiger partial charge in [0.15, 0.2) is 8.32 Å². The minimum Gasteiger partial charge on any atom is -0.418 e. The van der Waals surface area contributed by atoms with Gasteiger partial charge in [-0.15, -0.1) is 10.2 Å².